The topological polar surface area (TPSA) is 70.4 Å². The molecule has 0 unspecified atom stereocenters. The maximum atomic E-state index is 11.6. The van der Waals surface area contributed by atoms with Crippen LogP contribution in [0.2, 0.25) is 5.02 Å². The molecule has 27 heavy (non-hydrogen) atoms. The zero-order chi connectivity index (χ0) is 20.1. The first-order chi connectivity index (χ1) is 12.5. The van der Waals surface area contributed by atoms with Crippen molar-refractivity contribution < 1.29 is 9.90 Å². The largest absolute Gasteiger partial charge is 0.465 e. The molecule has 3 rings (SSSR count). The van der Waals surface area contributed by atoms with Gasteiger partial charge in [0.2, 0.25) is 0 Å². The number of hydrogen-bond donors (Lipinski definition) is 2. The number of nitrogens with one attached hydrogen (secondary N) is 1. The number of rotatable bonds is 2. The Balaban J connectivity index is 2.21. The molecule has 6 nitrogen and oxygen atoms in total. The van der Waals surface area contributed by atoms with Crippen molar-refractivity contribution in [3.8, 4) is 5.69 Å². The lowest BCUT2D eigenvalue weighted by molar-refractivity contribution is 0.124. The summed E-state index contributed by atoms with van der Waals surface area (Å²) in [6.45, 7) is 12.6. The summed E-state index contributed by atoms with van der Waals surface area (Å²) in [7, 11) is 0. The molecule has 2 N–H and O–H groups in total. The van der Waals surface area contributed by atoms with Crippen molar-refractivity contribution in [1.82, 2.24) is 14.7 Å². The van der Waals surface area contributed by atoms with Gasteiger partial charge in [-0.25, -0.2) is 9.48 Å². The summed E-state index contributed by atoms with van der Waals surface area (Å²) in [4.78, 5) is 13.1. The van der Waals surface area contributed by atoms with Crippen molar-refractivity contribution in [3.63, 3.8) is 0 Å². The number of aryl methyl sites for hydroxylation is 2. The first-order valence-corrected chi connectivity index (χ1v) is 9.54. The van der Waals surface area contributed by atoms with Gasteiger partial charge in [0.05, 0.1) is 17.4 Å². The Kier molecular flexibility index (Phi) is 4.89. The van der Waals surface area contributed by atoms with Gasteiger partial charge in [0, 0.05) is 29.1 Å². The van der Waals surface area contributed by atoms with Crippen LogP contribution >= 0.6 is 11.6 Å². The van der Waals surface area contributed by atoms with E-state index >= 15 is 0 Å². The number of nitrogens with zero attached hydrogens (tertiary/aromatic N) is 3. The minimum Gasteiger partial charge on any atom is -0.465 e. The number of fused-ring (bicyclic) bond motifs is 1. The first kappa shape index (κ1) is 19.5. The number of halogens is 1. The van der Waals surface area contributed by atoms with Gasteiger partial charge in [-0.2, -0.15) is 5.10 Å². The van der Waals surface area contributed by atoms with E-state index in [9.17, 15) is 9.90 Å². The van der Waals surface area contributed by atoms with Crippen LogP contribution in [0.25, 0.3) is 5.69 Å². The predicted molar refractivity (Wildman–Crippen MR) is 108 cm³/mol. The van der Waals surface area contributed by atoms with Crippen molar-refractivity contribution in [3.05, 3.63) is 39.5 Å². The van der Waals surface area contributed by atoms with Gasteiger partial charge in [-0.05, 0) is 64.8 Å². The average molecular weight is 391 g/mol. The third kappa shape index (κ3) is 3.63. The number of carbonyl (C=O) groups is 1. The molecule has 2 heterocycles. The molecule has 1 aliphatic rings. The number of carboxylic acid groups (broad SMARTS) is 1. The average Bonchev–Trinajstić information content (AvgIpc) is 2.89. The molecule has 1 aliphatic heterocycles. The molecule has 0 saturated carbocycles. The van der Waals surface area contributed by atoms with E-state index in [0.717, 1.165) is 38.9 Å². The van der Waals surface area contributed by atoms with Crippen molar-refractivity contribution >= 4 is 23.5 Å². The number of aromatic nitrogens is 2. The normalized spacial score (nSPS) is 17.0. The monoisotopic (exact) mass is 390 g/mol. The molecule has 0 fully saturated rings. The second kappa shape index (κ2) is 6.75. The predicted octanol–water partition coefficient (Wildman–Crippen LogP) is 4.95. The van der Waals surface area contributed by atoms with Gasteiger partial charge in [0.15, 0.2) is 0 Å². The van der Waals surface area contributed by atoms with Crippen molar-refractivity contribution in [2.75, 3.05) is 11.9 Å². The summed E-state index contributed by atoms with van der Waals surface area (Å²) < 4.78 is 1.90. The van der Waals surface area contributed by atoms with E-state index in [4.69, 9.17) is 16.7 Å². The molecule has 0 radical (unpaired) electrons. The fourth-order valence-corrected chi connectivity index (χ4v) is 3.75. The Hall–Kier alpha value is -2.21. The van der Waals surface area contributed by atoms with Crippen LogP contribution in [0.1, 0.15) is 56.1 Å². The van der Waals surface area contributed by atoms with E-state index in [1.54, 1.807) is 0 Å². The number of anilines is 1. The summed E-state index contributed by atoms with van der Waals surface area (Å²) in [6, 6.07) is 3.77. The Morgan fingerprint density at radius 3 is 2.41 bits per heavy atom. The van der Waals surface area contributed by atoms with Crippen molar-refractivity contribution in [2.45, 2.75) is 59.5 Å². The minimum absolute atomic E-state index is 0.201. The second-order valence-corrected chi connectivity index (χ2v) is 8.67. The maximum Gasteiger partial charge on any atom is 0.407 e. The van der Waals surface area contributed by atoms with Crippen LogP contribution in [0.4, 0.5) is 10.6 Å². The molecule has 0 bridgehead atoms. The van der Waals surface area contributed by atoms with Gasteiger partial charge < -0.3 is 15.3 Å². The quantitative estimate of drug-likeness (QED) is 0.761. The molecular formula is C20H27ClN4O2. The summed E-state index contributed by atoms with van der Waals surface area (Å²) in [5.41, 5.74) is 4.59. The molecule has 2 aromatic rings. The van der Waals surface area contributed by atoms with Gasteiger partial charge >= 0.3 is 6.09 Å². The highest BCUT2D eigenvalue weighted by Gasteiger charge is 2.34. The molecule has 1 aromatic carbocycles. The van der Waals surface area contributed by atoms with Crippen LogP contribution in [-0.4, -0.2) is 38.0 Å². The van der Waals surface area contributed by atoms with Gasteiger partial charge in [-0.3, -0.25) is 0 Å². The fraction of sp³-hybridized carbons (Fsp3) is 0.500. The van der Waals surface area contributed by atoms with E-state index in [1.807, 2.05) is 37.6 Å². The zero-order valence-corrected chi connectivity index (χ0v) is 17.5. The van der Waals surface area contributed by atoms with Crippen LogP contribution in [-0.2, 0) is 6.42 Å². The van der Waals surface area contributed by atoms with Gasteiger partial charge in [0.1, 0.15) is 5.82 Å². The van der Waals surface area contributed by atoms with Gasteiger partial charge in [-0.15, -0.1) is 0 Å². The first-order valence-electron chi connectivity index (χ1n) is 9.16. The Labute approximate surface area is 165 Å². The smallest absolute Gasteiger partial charge is 0.407 e. The minimum atomic E-state index is -0.902. The number of hydrogen-bond acceptors (Lipinski definition) is 3. The molecule has 7 heteroatoms. The third-order valence-corrected chi connectivity index (χ3v) is 5.47. The van der Waals surface area contributed by atoms with E-state index in [0.29, 0.717) is 13.0 Å². The van der Waals surface area contributed by atoms with Crippen LogP contribution in [0.15, 0.2) is 12.1 Å². The van der Waals surface area contributed by atoms with E-state index < -0.39 is 6.09 Å². The summed E-state index contributed by atoms with van der Waals surface area (Å²) >= 11 is 6.34. The molecule has 0 spiro atoms. The lowest BCUT2D eigenvalue weighted by Crippen LogP contribution is -2.38. The Morgan fingerprint density at radius 2 is 1.89 bits per heavy atom. The standard InChI is InChI=1S/C20H27ClN4O2/c1-11-9-14(10-12(2)17(11)21)25-18(22-20(4,5)6)16-13(3)24(19(26)27)8-7-15(16)23-25/h9-10,13,22H,7-8H2,1-6H3,(H,26,27)/t13-/m0/s1. The number of amides is 1. The van der Waals surface area contributed by atoms with Crippen LogP contribution in [0, 0.1) is 13.8 Å². The summed E-state index contributed by atoms with van der Waals surface area (Å²) in [6.07, 6.45) is -0.301. The van der Waals surface area contributed by atoms with Crippen molar-refractivity contribution in [1.29, 1.82) is 0 Å². The summed E-state index contributed by atoms with van der Waals surface area (Å²) in [5.74, 6) is 0.845. The molecular weight excluding hydrogens is 364 g/mol. The molecule has 0 saturated heterocycles. The molecule has 146 valence electrons. The highest BCUT2D eigenvalue weighted by atomic mass is 35.5. The second-order valence-electron chi connectivity index (χ2n) is 8.29. The van der Waals surface area contributed by atoms with E-state index in [-0.39, 0.29) is 11.6 Å². The van der Waals surface area contributed by atoms with Crippen LogP contribution in [0.3, 0.4) is 0 Å². The van der Waals surface area contributed by atoms with E-state index in [2.05, 4.69) is 26.1 Å². The lowest BCUT2D eigenvalue weighted by Gasteiger charge is -2.32. The third-order valence-electron chi connectivity index (χ3n) is 4.88. The SMILES string of the molecule is Cc1cc(-n2nc3c(c2NC(C)(C)C)[C@H](C)N(C(=O)O)CC3)cc(C)c1Cl. The molecule has 1 amide bonds. The summed E-state index contributed by atoms with van der Waals surface area (Å²) in [5, 5.41) is 18.7. The molecule has 1 aromatic heterocycles. The zero-order valence-electron chi connectivity index (χ0n) is 16.7. The molecule has 0 aliphatic carbocycles. The molecule has 1 atom stereocenters. The lowest BCUT2D eigenvalue weighted by atomic mass is 9.98. The highest BCUT2D eigenvalue weighted by Crippen LogP contribution is 2.38. The Bertz CT molecular complexity index is 875. The number of benzene rings is 1. The fourth-order valence-electron chi connectivity index (χ4n) is 3.64. The Morgan fingerprint density at radius 1 is 1.30 bits per heavy atom. The van der Waals surface area contributed by atoms with Gasteiger partial charge in [0.25, 0.3) is 0 Å². The van der Waals surface area contributed by atoms with Crippen LogP contribution in [0.5, 0.6) is 0 Å². The van der Waals surface area contributed by atoms with Crippen LogP contribution < -0.4 is 5.32 Å². The van der Waals surface area contributed by atoms with Crippen molar-refractivity contribution in [2.24, 2.45) is 0 Å². The maximum absolute atomic E-state index is 11.6. The van der Waals surface area contributed by atoms with E-state index in [1.165, 1.54) is 4.90 Å². The van der Waals surface area contributed by atoms with Gasteiger partial charge in [-0.1, -0.05) is 11.6 Å². The highest BCUT2D eigenvalue weighted by molar-refractivity contribution is 6.32.